The Morgan fingerprint density at radius 2 is 2.06 bits per heavy atom. The van der Waals surface area contributed by atoms with Crippen LogP contribution in [0, 0.1) is 5.82 Å². The van der Waals surface area contributed by atoms with E-state index in [1.807, 2.05) is 0 Å². The molecule has 0 bridgehead atoms. The van der Waals surface area contributed by atoms with Crippen molar-refractivity contribution in [3.05, 3.63) is 53.6 Å². The first-order valence-electron chi connectivity index (χ1n) is 5.25. The normalized spacial score (nSPS) is 10.8. The molecule has 0 fully saturated rings. The summed E-state index contributed by atoms with van der Waals surface area (Å²) < 4.78 is 14.6. The maximum absolute atomic E-state index is 12.9. The molecule has 0 saturated heterocycles. The van der Waals surface area contributed by atoms with Gasteiger partial charge in [0.25, 0.3) is 0 Å². The summed E-state index contributed by atoms with van der Waals surface area (Å²) in [7, 11) is 0. The molecule has 0 saturated carbocycles. The molecule has 0 radical (unpaired) electrons. The molecule has 4 nitrogen and oxygen atoms in total. The third-order valence-corrected chi connectivity index (χ3v) is 2.80. The number of hydrogen-bond acceptors (Lipinski definition) is 3. The summed E-state index contributed by atoms with van der Waals surface area (Å²) in [6.07, 6.45) is 3.32. The topological polar surface area (TPSA) is 42.2 Å². The highest BCUT2D eigenvalue weighted by atomic mass is 35.5. The van der Waals surface area contributed by atoms with E-state index < -0.39 is 0 Å². The van der Waals surface area contributed by atoms with Gasteiger partial charge in [0.05, 0.1) is 16.9 Å². The minimum Gasteiger partial charge on any atom is -0.339 e. The van der Waals surface area contributed by atoms with E-state index in [-0.39, 0.29) is 5.82 Å². The average Bonchev–Trinajstić information content (AvgIpc) is 2.82. The minimum atomic E-state index is -0.371. The van der Waals surface area contributed by atoms with Gasteiger partial charge in [0, 0.05) is 12.3 Å². The van der Waals surface area contributed by atoms with Crippen molar-refractivity contribution in [2.24, 2.45) is 0 Å². The Balaban J connectivity index is 2.03. The van der Waals surface area contributed by atoms with E-state index in [1.165, 1.54) is 12.1 Å². The van der Waals surface area contributed by atoms with Crippen LogP contribution in [-0.2, 0) is 0 Å². The number of hydrogen-bond donors (Lipinski definition) is 1. The Morgan fingerprint density at radius 1 is 1.17 bits per heavy atom. The number of anilines is 2. The van der Waals surface area contributed by atoms with Crippen molar-refractivity contribution in [3.8, 4) is 0 Å². The first kappa shape index (κ1) is 11.0. The predicted molar refractivity (Wildman–Crippen MR) is 67.7 cm³/mol. The number of rotatable bonds is 2. The number of benzene rings is 1. The molecule has 90 valence electrons. The van der Waals surface area contributed by atoms with Crippen molar-refractivity contribution in [2.45, 2.75) is 0 Å². The van der Waals surface area contributed by atoms with Crippen LogP contribution in [0.5, 0.6) is 0 Å². The molecule has 0 amide bonds. The summed E-state index contributed by atoms with van der Waals surface area (Å²) in [5, 5.41) is 7.54. The van der Waals surface area contributed by atoms with Crippen LogP contribution in [-0.4, -0.2) is 14.6 Å². The number of aromatic nitrogens is 3. The SMILES string of the molecule is Fc1ccc(Nc2ccnc3ccnn23)c(Cl)c1. The quantitative estimate of drug-likeness (QED) is 0.771. The zero-order valence-corrected chi connectivity index (χ0v) is 9.89. The van der Waals surface area contributed by atoms with Crippen LogP contribution in [0.2, 0.25) is 5.02 Å². The van der Waals surface area contributed by atoms with Crippen LogP contribution in [0.1, 0.15) is 0 Å². The van der Waals surface area contributed by atoms with E-state index >= 15 is 0 Å². The Kier molecular flexibility index (Phi) is 2.60. The molecule has 6 heteroatoms. The van der Waals surface area contributed by atoms with Crippen molar-refractivity contribution < 1.29 is 4.39 Å². The third-order valence-electron chi connectivity index (χ3n) is 2.48. The molecule has 3 rings (SSSR count). The maximum atomic E-state index is 12.9. The lowest BCUT2D eigenvalue weighted by molar-refractivity contribution is 0.628. The molecule has 2 aromatic heterocycles. The largest absolute Gasteiger partial charge is 0.339 e. The fourth-order valence-corrected chi connectivity index (χ4v) is 1.87. The molecule has 3 aromatic rings. The van der Waals surface area contributed by atoms with Crippen molar-refractivity contribution in [1.82, 2.24) is 14.6 Å². The van der Waals surface area contributed by atoms with E-state index in [2.05, 4.69) is 15.4 Å². The third kappa shape index (κ3) is 1.89. The van der Waals surface area contributed by atoms with E-state index in [1.54, 1.807) is 35.1 Å². The highest BCUT2D eigenvalue weighted by molar-refractivity contribution is 6.33. The van der Waals surface area contributed by atoms with Gasteiger partial charge in [0.1, 0.15) is 11.6 Å². The minimum absolute atomic E-state index is 0.312. The van der Waals surface area contributed by atoms with Crippen LogP contribution in [0.4, 0.5) is 15.9 Å². The number of nitrogens with zero attached hydrogens (tertiary/aromatic N) is 3. The Bertz CT molecular complexity index is 710. The van der Waals surface area contributed by atoms with E-state index in [9.17, 15) is 4.39 Å². The molecule has 0 spiro atoms. The summed E-state index contributed by atoms with van der Waals surface area (Å²) in [6, 6.07) is 7.73. The summed E-state index contributed by atoms with van der Waals surface area (Å²) in [6.45, 7) is 0. The maximum Gasteiger partial charge on any atom is 0.157 e. The molecular formula is C12H8ClFN4. The predicted octanol–water partition coefficient (Wildman–Crippen LogP) is 3.27. The van der Waals surface area contributed by atoms with Gasteiger partial charge in [0.15, 0.2) is 5.65 Å². The number of nitrogens with one attached hydrogen (secondary N) is 1. The molecule has 0 aliphatic carbocycles. The zero-order chi connectivity index (χ0) is 12.5. The molecule has 0 atom stereocenters. The summed E-state index contributed by atoms with van der Waals surface area (Å²) in [5.41, 5.74) is 1.33. The fraction of sp³-hybridized carbons (Fsp3) is 0. The Hall–Kier alpha value is -2.14. The lowest BCUT2D eigenvalue weighted by Crippen LogP contribution is -2.00. The zero-order valence-electron chi connectivity index (χ0n) is 9.14. The van der Waals surface area contributed by atoms with Crippen LogP contribution in [0.3, 0.4) is 0 Å². The van der Waals surface area contributed by atoms with Crippen molar-refractivity contribution in [3.63, 3.8) is 0 Å². The second kappa shape index (κ2) is 4.27. The van der Waals surface area contributed by atoms with Gasteiger partial charge < -0.3 is 5.32 Å². The van der Waals surface area contributed by atoms with Crippen molar-refractivity contribution >= 4 is 28.8 Å². The van der Waals surface area contributed by atoms with Gasteiger partial charge in [-0.05, 0) is 24.3 Å². The highest BCUT2D eigenvalue weighted by Gasteiger charge is 2.05. The van der Waals surface area contributed by atoms with Gasteiger partial charge >= 0.3 is 0 Å². The van der Waals surface area contributed by atoms with E-state index in [0.29, 0.717) is 16.5 Å². The average molecular weight is 263 g/mol. The Labute approximate surface area is 107 Å². The molecule has 1 aromatic carbocycles. The number of fused-ring (bicyclic) bond motifs is 1. The smallest absolute Gasteiger partial charge is 0.157 e. The van der Waals surface area contributed by atoms with E-state index in [4.69, 9.17) is 11.6 Å². The first-order chi connectivity index (χ1) is 8.74. The molecule has 0 aliphatic heterocycles. The summed E-state index contributed by atoms with van der Waals surface area (Å²) in [5.74, 6) is 0.336. The molecule has 1 N–H and O–H groups in total. The molecular weight excluding hydrogens is 255 g/mol. The highest BCUT2D eigenvalue weighted by Crippen LogP contribution is 2.25. The first-order valence-corrected chi connectivity index (χ1v) is 5.63. The van der Waals surface area contributed by atoms with Crippen LogP contribution in [0.25, 0.3) is 5.65 Å². The van der Waals surface area contributed by atoms with E-state index in [0.717, 1.165) is 5.65 Å². The van der Waals surface area contributed by atoms with Crippen molar-refractivity contribution in [1.29, 1.82) is 0 Å². The summed E-state index contributed by atoms with van der Waals surface area (Å²) in [4.78, 5) is 4.15. The molecule has 2 heterocycles. The lowest BCUT2D eigenvalue weighted by Gasteiger charge is -2.09. The standard InChI is InChI=1S/C12H8ClFN4/c13-9-7-8(14)1-2-10(9)17-12-3-5-15-11-4-6-16-18(11)12/h1-7,17H. The van der Waals surface area contributed by atoms with Gasteiger partial charge in [-0.3, -0.25) is 0 Å². The van der Waals surface area contributed by atoms with Crippen LogP contribution in [0.15, 0.2) is 42.7 Å². The fourth-order valence-electron chi connectivity index (χ4n) is 1.66. The van der Waals surface area contributed by atoms with Gasteiger partial charge in [-0.15, -0.1) is 0 Å². The van der Waals surface area contributed by atoms with Gasteiger partial charge in [0.2, 0.25) is 0 Å². The number of halogens is 2. The Morgan fingerprint density at radius 3 is 2.89 bits per heavy atom. The molecule has 18 heavy (non-hydrogen) atoms. The second-order valence-corrected chi connectivity index (χ2v) is 4.09. The molecule has 0 unspecified atom stereocenters. The monoisotopic (exact) mass is 262 g/mol. The van der Waals surface area contributed by atoms with Gasteiger partial charge in [-0.1, -0.05) is 11.6 Å². The molecule has 0 aliphatic rings. The van der Waals surface area contributed by atoms with Gasteiger partial charge in [-0.25, -0.2) is 9.37 Å². The van der Waals surface area contributed by atoms with Crippen LogP contribution < -0.4 is 5.32 Å². The summed E-state index contributed by atoms with van der Waals surface area (Å²) >= 11 is 5.96. The lowest BCUT2D eigenvalue weighted by atomic mass is 10.3. The van der Waals surface area contributed by atoms with Crippen LogP contribution >= 0.6 is 11.6 Å². The van der Waals surface area contributed by atoms with Gasteiger partial charge in [-0.2, -0.15) is 9.61 Å². The second-order valence-electron chi connectivity index (χ2n) is 3.68. The van der Waals surface area contributed by atoms with Crippen molar-refractivity contribution in [2.75, 3.05) is 5.32 Å².